The molecule has 0 unspecified atom stereocenters. The number of benzene rings is 1. The molecule has 6 nitrogen and oxygen atoms in total. The minimum Gasteiger partial charge on any atom is -0.481 e. The molecule has 3 heterocycles. The van der Waals surface area contributed by atoms with Gasteiger partial charge in [0.2, 0.25) is 5.88 Å². The molecule has 2 aliphatic rings. The van der Waals surface area contributed by atoms with Gasteiger partial charge in [0.05, 0.1) is 18.2 Å². The zero-order valence-corrected chi connectivity index (χ0v) is 17.0. The molecule has 0 atom stereocenters. The average molecular weight is 405 g/mol. The second kappa shape index (κ2) is 8.11. The number of carbonyl (C=O) groups is 1. The van der Waals surface area contributed by atoms with Crippen molar-refractivity contribution in [3.05, 3.63) is 60.2 Å². The van der Waals surface area contributed by atoms with Gasteiger partial charge in [-0.05, 0) is 30.4 Å². The van der Waals surface area contributed by atoms with Crippen molar-refractivity contribution in [2.45, 2.75) is 44.6 Å². The first kappa shape index (κ1) is 19.1. The van der Waals surface area contributed by atoms with E-state index in [4.69, 9.17) is 9.52 Å². The van der Waals surface area contributed by atoms with Crippen LogP contribution < -0.4 is 0 Å². The number of likely N-dealkylation sites (tertiary alicyclic amines) is 1. The van der Waals surface area contributed by atoms with Gasteiger partial charge in [-0.3, -0.25) is 14.3 Å². The summed E-state index contributed by atoms with van der Waals surface area (Å²) in [4.78, 5) is 17.6. The molecule has 2 aromatic heterocycles. The largest absolute Gasteiger partial charge is 0.481 e. The van der Waals surface area contributed by atoms with Crippen molar-refractivity contribution in [2.24, 2.45) is 5.92 Å². The summed E-state index contributed by atoms with van der Waals surface area (Å²) in [5.41, 5.74) is 3.49. The fourth-order valence-electron chi connectivity index (χ4n) is 4.62. The summed E-state index contributed by atoms with van der Waals surface area (Å²) >= 11 is 0. The lowest BCUT2D eigenvalue weighted by Gasteiger charge is -2.35. The van der Waals surface area contributed by atoms with Gasteiger partial charge in [-0.25, -0.2) is 4.98 Å². The summed E-state index contributed by atoms with van der Waals surface area (Å²) in [7, 11) is 0. The van der Waals surface area contributed by atoms with Crippen molar-refractivity contribution in [1.29, 1.82) is 0 Å². The van der Waals surface area contributed by atoms with E-state index in [1.165, 1.54) is 37.7 Å². The quantitative estimate of drug-likeness (QED) is 0.644. The Balaban J connectivity index is 1.23. The Morgan fingerprint density at radius 1 is 1.07 bits per heavy atom. The van der Waals surface area contributed by atoms with Crippen LogP contribution in [0, 0.1) is 5.92 Å². The third-order valence-corrected chi connectivity index (χ3v) is 6.45. The second-order valence-electron chi connectivity index (χ2n) is 8.59. The molecule has 2 fully saturated rings. The lowest BCUT2D eigenvalue weighted by molar-refractivity contribution is -0.147. The first-order valence-corrected chi connectivity index (χ1v) is 10.8. The van der Waals surface area contributed by atoms with Crippen LogP contribution in [0.2, 0.25) is 0 Å². The average Bonchev–Trinajstić information content (AvgIpc) is 3.40. The SMILES string of the molecule is O=C(O)C1CN(Cc2ccc(-n3cnc(-c4ccc(C5CCCCC5)cc4)c3)o2)C1. The lowest BCUT2D eigenvalue weighted by atomic mass is 9.84. The van der Waals surface area contributed by atoms with Crippen molar-refractivity contribution < 1.29 is 14.3 Å². The highest BCUT2D eigenvalue weighted by Gasteiger charge is 2.32. The predicted octanol–water partition coefficient (Wildman–Crippen LogP) is 4.70. The Labute approximate surface area is 176 Å². The molecule has 1 saturated heterocycles. The summed E-state index contributed by atoms with van der Waals surface area (Å²) < 4.78 is 7.85. The number of rotatable bonds is 6. The number of carboxylic acid groups (broad SMARTS) is 1. The Morgan fingerprint density at radius 3 is 2.57 bits per heavy atom. The van der Waals surface area contributed by atoms with Crippen molar-refractivity contribution in [1.82, 2.24) is 14.5 Å². The van der Waals surface area contributed by atoms with E-state index in [0.29, 0.717) is 25.6 Å². The van der Waals surface area contributed by atoms with Gasteiger partial charge in [0.25, 0.3) is 0 Å². The first-order valence-electron chi connectivity index (χ1n) is 10.8. The van der Waals surface area contributed by atoms with Gasteiger partial charge in [-0.15, -0.1) is 0 Å². The van der Waals surface area contributed by atoms with Crippen molar-refractivity contribution in [3.63, 3.8) is 0 Å². The molecule has 1 aromatic carbocycles. The lowest BCUT2D eigenvalue weighted by Crippen LogP contribution is -2.49. The minimum atomic E-state index is -0.718. The van der Waals surface area contributed by atoms with Crippen LogP contribution in [0.3, 0.4) is 0 Å². The van der Waals surface area contributed by atoms with Crippen molar-refractivity contribution >= 4 is 5.97 Å². The maximum Gasteiger partial charge on any atom is 0.309 e. The summed E-state index contributed by atoms with van der Waals surface area (Å²) in [5, 5.41) is 8.99. The van der Waals surface area contributed by atoms with E-state index in [2.05, 4.69) is 34.1 Å². The minimum absolute atomic E-state index is 0.250. The van der Waals surface area contributed by atoms with Crippen LogP contribution >= 0.6 is 0 Å². The molecule has 0 amide bonds. The number of hydrogen-bond acceptors (Lipinski definition) is 4. The number of hydrogen-bond donors (Lipinski definition) is 1. The normalized spacial score (nSPS) is 18.4. The molecule has 0 bridgehead atoms. The summed E-state index contributed by atoms with van der Waals surface area (Å²) in [6, 6.07) is 12.7. The van der Waals surface area contributed by atoms with Crippen LogP contribution in [0.4, 0.5) is 0 Å². The first-order chi connectivity index (χ1) is 14.7. The Bertz CT molecular complexity index is 1010. The highest BCUT2D eigenvalue weighted by molar-refractivity contribution is 5.71. The number of aliphatic carboxylic acids is 1. The topological polar surface area (TPSA) is 71.5 Å². The van der Waals surface area contributed by atoms with E-state index in [0.717, 1.165) is 22.9 Å². The van der Waals surface area contributed by atoms with E-state index >= 15 is 0 Å². The Kier molecular flexibility index (Phi) is 5.17. The van der Waals surface area contributed by atoms with Crippen LogP contribution in [-0.2, 0) is 11.3 Å². The van der Waals surface area contributed by atoms with Crippen LogP contribution in [-0.4, -0.2) is 38.6 Å². The maximum atomic E-state index is 10.9. The van der Waals surface area contributed by atoms with Crippen LogP contribution in [0.5, 0.6) is 0 Å². The zero-order chi connectivity index (χ0) is 20.5. The number of furan rings is 1. The maximum absolute atomic E-state index is 10.9. The molecule has 156 valence electrons. The van der Waals surface area contributed by atoms with E-state index in [1.54, 1.807) is 6.33 Å². The van der Waals surface area contributed by atoms with Gasteiger partial charge in [0, 0.05) is 30.9 Å². The highest BCUT2D eigenvalue weighted by Crippen LogP contribution is 2.33. The molecular formula is C24H27N3O3. The fourth-order valence-corrected chi connectivity index (χ4v) is 4.62. The van der Waals surface area contributed by atoms with E-state index in [9.17, 15) is 4.79 Å². The molecule has 1 N–H and O–H groups in total. The molecule has 1 saturated carbocycles. The second-order valence-corrected chi connectivity index (χ2v) is 8.59. The summed E-state index contributed by atoms with van der Waals surface area (Å²) in [5.74, 6) is 1.30. The molecule has 3 aromatic rings. The standard InChI is InChI=1S/C24H27N3O3/c28-24(29)20-12-26(13-20)14-21-10-11-23(30-21)27-15-22(25-16-27)19-8-6-18(7-9-19)17-4-2-1-3-5-17/h6-11,15-17,20H,1-5,12-14H2,(H,28,29). The smallest absolute Gasteiger partial charge is 0.309 e. The number of nitrogens with zero attached hydrogens (tertiary/aromatic N) is 3. The van der Waals surface area contributed by atoms with E-state index < -0.39 is 5.97 Å². The Morgan fingerprint density at radius 2 is 1.83 bits per heavy atom. The predicted molar refractivity (Wildman–Crippen MR) is 113 cm³/mol. The molecule has 0 radical (unpaired) electrons. The third-order valence-electron chi connectivity index (χ3n) is 6.45. The van der Waals surface area contributed by atoms with Crippen LogP contribution in [0.1, 0.15) is 49.3 Å². The molecule has 0 spiro atoms. The molecule has 1 aliphatic carbocycles. The Hall–Kier alpha value is -2.86. The molecule has 30 heavy (non-hydrogen) atoms. The fraction of sp³-hybridized carbons (Fsp3) is 0.417. The van der Waals surface area contributed by atoms with E-state index in [-0.39, 0.29) is 5.92 Å². The monoisotopic (exact) mass is 405 g/mol. The van der Waals surface area contributed by atoms with Gasteiger partial charge in [0.1, 0.15) is 12.1 Å². The number of imidazole rings is 1. The molecule has 1 aliphatic heterocycles. The van der Waals surface area contributed by atoms with Gasteiger partial charge in [-0.1, -0.05) is 43.5 Å². The van der Waals surface area contributed by atoms with Gasteiger partial charge >= 0.3 is 5.97 Å². The van der Waals surface area contributed by atoms with Crippen LogP contribution in [0.25, 0.3) is 17.1 Å². The van der Waals surface area contributed by atoms with Gasteiger partial charge in [0.15, 0.2) is 0 Å². The highest BCUT2D eigenvalue weighted by atomic mass is 16.4. The summed E-state index contributed by atoms with van der Waals surface area (Å²) in [6.07, 6.45) is 10.5. The number of carboxylic acids is 1. The zero-order valence-electron chi connectivity index (χ0n) is 17.0. The molecule has 6 heteroatoms. The van der Waals surface area contributed by atoms with Crippen LogP contribution in [0.15, 0.2) is 53.3 Å². The van der Waals surface area contributed by atoms with Crippen molar-refractivity contribution in [3.8, 4) is 17.1 Å². The van der Waals surface area contributed by atoms with Gasteiger partial charge in [-0.2, -0.15) is 0 Å². The van der Waals surface area contributed by atoms with E-state index in [1.807, 2.05) is 22.9 Å². The molecular weight excluding hydrogens is 378 g/mol. The van der Waals surface area contributed by atoms with Crippen molar-refractivity contribution in [2.75, 3.05) is 13.1 Å². The summed E-state index contributed by atoms with van der Waals surface area (Å²) in [6.45, 7) is 1.79. The molecule has 5 rings (SSSR count). The van der Waals surface area contributed by atoms with Gasteiger partial charge < -0.3 is 9.52 Å². The third kappa shape index (κ3) is 3.92. The number of aromatic nitrogens is 2.